The number of hydrogen-bond donors (Lipinski definition) is 1. The molecule has 2 amide bonds. The molecule has 1 aliphatic carbocycles. The summed E-state index contributed by atoms with van der Waals surface area (Å²) < 4.78 is 0. The molecule has 2 aliphatic rings. The van der Waals surface area contributed by atoms with Crippen molar-refractivity contribution in [1.82, 2.24) is 10.2 Å². The monoisotopic (exact) mass is 431 g/mol. The lowest BCUT2D eigenvalue weighted by molar-refractivity contribution is 0.0658. The van der Waals surface area contributed by atoms with Gasteiger partial charge in [0.15, 0.2) is 0 Å². The maximum Gasteiger partial charge on any atom is 0.323 e. The van der Waals surface area contributed by atoms with Crippen LogP contribution in [0.25, 0.3) is 10.4 Å². The smallest absolute Gasteiger partial charge is 0.323 e. The molecule has 3 aromatic rings. The van der Waals surface area contributed by atoms with Crippen LogP contribution in [0.3, 0.4) is 0 Å². The number of thiophene rings is 1. The first-order chi connectivity index (χ1) is 15.0. The molecule has 1 saturated heterocycles. The van der Waals surface area contributed by atoms with Crippen LogP contribution in [-0.2, 0) is 5.54 Å². The Labute approximate surface area is 188 Å². The van der Waals surface area contributed by atoms with E-state index in [1.807, 2.05) is 11.0 Å². The quantitative estimate of drug-likeness (QED) is 0.574. The molecule has 0 bridgehead atoms. The second-order valence-electron chi connectivity index (χ2n) is 9.09. The summed E-state index contributed by atoms with van der Waals surface area (Å²) in [5.74, 6) is 0. The predicted molar refractivity (Wildman–Crippen MR) is 129 cm³/mol. The number of carbonyl (C=O) groups excluding carboxylic acids is 1. The van der Waals surface area contributed by atoms with E-state index in [0.29, 0.717) is 0 Å². The number of nitrogens with one attached hydrogen (secondary N) is 1. The molecule has 2 fully saturated rings. The predicted octanol–water partition coefficient (Wildman–Crippen LogP) is 5.71. The van der Waals surface area contributed by atoms with Crippen LogP contribution in [-0.4, -0.2) is 37.1 Å². The number of rotatable bonds is 4. The molecule has 1 spiro atoms. The molecule has 2 heterocycles. The third-order valence-corrected chi connectivity index (χ3v) is 8.35. The standard InChI is InChI=1S/C26H29N3OS/c1-28(2)26(21-11-7-4-8-12-21)17-15-25(16-18-26)19-29(24(30)27-25)23-14-13-22(31-23)20-9-5-3-6-10-20/h3-14H,15-19H2,1-2H3,(H,27,30)/t25-,26+. The molecule has 1 aromatic heterocycles. The maximum absolute atomic E-state index is 13.0. The summed E-state index contributed by atoms with van der Waals surface area (Å²) in [6, 6.07) is 25.5. The van der Waals surface area contributed by atoms with Crippen molar-refractivity contribution in [3.63, 3.8) is 0 Å². The van der Waals surface area contributed by atoms with Gasteiger partial charge in [-0.25, -0.2) is 4.79 Å². The number of benzene rings is 2. The highest BCUT2D eigenvalue weighted by molar-refractivity contribution is 7.19. The molecule has 1 saturated carbocycles. The largest absolute Gasteiger partial charge is 0.330 e. The van der Waals surface area contributed by atoms with E-state index in [2.05, 4.69) is 91.0 Å². The summed E-state index contributed by atoms with van der Waals surface area (Å²) in [5.41, 5.74) is 2.47. The Morgan fingerprint density at radius 3 is 2.16 bits per heavy atom. The fraction of sp³-hybridized carbons (Fsp3) is 0.346. The fourth-order valence-electron chi connectivity index (χ4n) is 5.28. The van der Waals surface area contributed by atoms with Crippen molar-refractivity contribution >= 4 is 22.4 Å². The second-order valence-corrected chi connectivity index (χ2v) is 10.2. The number of nitrogens with zero attached hydrogens (tertiary/aromatic N) is 2. The molecular formula is C26H29N3OS. The van der Waals surface area contributed by atoms with Crippen LogP contribution < -0.4 is 10.2 Å². The summed E-state index contributed by atoms with van der Waals surface area (Å²) in [4.78, 5) is 18.5. The van der Waals surface area contributed by atoms with Gasteiger partial charge in [0.1, 0.15) is 0 Å². The number of urea groups is 1. The zero-order valence-corrected chi connectivity index (χ0v) is 19.0. The van der Waals surface area contributed by atoms with E-state index in [-0.39, 0.29) is 17.1 Å². The highest BCUT2D eigenvalue weighted by Crippen LogP contribution is 2.47. The van der Waals surface area contributed by atoms with Gasteiger partial charge in [0.2, 0.25) is 0 Å². The van der Waals surface area contributed by atoms with Gasteiger partial charge in [-0.2, -0.15) is 0 Å². The highest BCUT2D eigenvalue weighted by atomic mass is 32.1. The molecule has 4 nitrogen and oxygen atoms in total. The molecule has 160 valence electrons. The molecule has 31 heavy (non-hydrogen) atoms. The van der Waals surface area contributed by atoms with Crippen LogP contribution in [0.4, 0.5) is 9.80 Å². The van der Waals surface area contributed by atoms with Crippen molar-refractivity contribution < 1.29 is 4.79 Å². The van der Waals surface area contributed by atoms with E-state index >= 15 is 0 Å². The van der Waals surface area contributed by atoms with Gasteiger partial charge in [0.05, 0.1) is 17.1 Å². The average molecular weight is 432 g/mol. The zero-order valence-electron chi connectivity index (χ0n) is 18.2. The van der Waals surface area contributed by atoms with E-state index in [1.54, 1.807) is 11.3 Å². The Kier molecular flexibility index (Phi) is 5.11. The lowest BCUT2D eigenvalue weighted by Gasteiger charge is -2.48. The van der Waals surface area contributed by atoms with Crippen LogP contribution in [0.2, 0.25) is 0 Å². The van der Waals surface area contributed by atoms with Crippen LogP contribution in [0, 0.1) is 0 Å². The average Bonchev–Trinajstić information content (AvgIpc) is 3.40. The normalized spacial score (nSPS) is 25.9. The van der Waals surface area contributed by atoms with Crippen molar-refractivity contribution in [1.29, 1.82) is 0 Å². The minimum Gasteiger partial charge on any atom is -0.330 e. The van der Waals surface area contributed by atoms with Crippen LogP contribution in [0.15, 0.2) is 72.8 Å². The Balaban J connectivity index is 1.34. The first-order valence-electron chi connectivity index (χ1n) is 11.0. The van der Waals surface area contributed by atoms with E-state index in [9.17, 15) is 4.79 Å². The summed E-state index contributed by atoms with van der Waals surface area (Å²) in [5, 5.41) is 4.40. The molecule has 0 unspecified atom stereocenters. The van der Waals surface area contributed by atoms with Gasteiger partial charge in [-0.15, -0.1) is 11.3 Å². The van der Waals surface area contributed by atoms with Crippen molar-refractivity contribution in [2.75, 3.05) is 25.5 Å². The highest BCUT2D eigenvalue weighted by Gasteiger charge is 2.50. The zero-order chi connectivity index (χ0) is 21.5. The van der Waals surface area contributed by atoms with Crippen LogP contribution in [0.5, 0.6) is 0 Å². The Bertz CT molecular complexity index is 1050. The second kappa shape index (κ2) is 7.81. The number of amides is 2. The van der Waals surface area contributed by atoms with E-state index in [0.717, 1.165) is 37.2 Å². The van der Waals surface area contributed by atoms with Crippen LogP contribution in [0.1, 0.15) is 31.2 Å². The van der Waals surface area contributed by atoms with Crippen molar-refractivity contribution in [3.8, 4) is 10.4 Å². The van der Waals surface area contributed by atoms with Gasteiger partial charge >= 0.3 is 6.03 Å². The Morgan fingerprint density at radius 1 is 0.871 bits per heavy atom. The van der Waals surface area contributed by atoms with Gasteiger partial charge < -0.3 is 5.32 Å². The minimum atomic E-state index is -0.137. The number of anilines is 1. The first kappa shape index (κ1) is 20.3. The maximum atomic E-state index is 13.0. The summed E-state index contributed by atoms with van der Waals surface area (Å²) >= 11 is 1.69. The third kappa shape index (κ3) is 3.56. The Morgan fingerprint density at radius 2 is 1.52 bits per heavy atom. The van der Waals surface area contributed by atoms with Crippen LogP contribution >= 0.6 is 11.3 Å². The van der Waals surface area contributed by atoms with Gasteiger partial charge in [-0.3, -0.25) is 9.80 Å². The summed E-state index contributed by atoms with van der Waals surface area (Å²) in [7, 11) is 4.36. The summed E-state index contributed by atoms with van der Waals surface area (Å²) in [6.07, 6.45) is 4.05. The number of hydrogen-bond acceptors (Lipinski definition) is 3. The lowest BCUT2D eigenvalue weighted by Crippen LogP contribution is -2.54. The van der Waals surface area contributed by atoms with Gasteiger partial charge in [-0.05, 0) is 63.0 Å². The molecule has 5 heteroatoms. The molecule has 2 aromatic carbocycles. The minimum absolute atomic E-state index is 0.0358. The SMILES string of the molecule is CN(C)[C@]1(c2ccccc2)CC[C@]2(CC1)CN(c1ccc(-c3ccccc3)s1)C(=O)N2. The van der Waals surface area contributed by atoms with Gasteiger partial charge in [0.25, 0.3) is 0 Å². The molecule has 0 atom stereocenters. The van der Waals surface area contributed by atoms with E-state index < -0.39 is 0 Å². The molecule has 1 aliphatic heterocycles. The molecular weight excluding hydrogens is 402 g/mol. The topological polar surface area (TPSA) is 35.6 Å². The number of carbonyl (C=O) groups is 1. The Hall–Kier alpha value is -2.63. The van der Waals surface area contributed by atoms with E-state index in [1.165, 1.54) is 16.0 Å². The molecule has 0 radical (unpaired) electrons. The fourth-order valence-corrected chi connectivity index (χ4v) is 6.29. The van der Waals surface area contributed by atoms with Crippen molar-refractivity contribution in [3.05, 3.63) is 78.4 Å². The third-order valence-electron chi connectivity index (χ3n) is 7.20. The first-order valence-corrected chi connectivity index (χ1v) is 11.8. The van der Waals surface area contributed by atoms with E-state index in [4.69, 9.17) is 0 Å². The van der Waals surface area contributed by atoms with Gasteiger partial charge in [0, 0.05) is 10.4 Å². The molecule has 5 rings (SSSR count). The lowest BCUT2D eigenvalue weighted by atomic mass is 9.69. The molecule has 1 N–H and O–H groups in total. The van der Waals surface area contributed by atoms with Crippen molar-refractivity contribution in [2.45, 2.75) is 36.8 Å². The van der Waals surface area contributed by atoms with Gasteiger partial charge in [-0.1, -0.05) is 60.7 Å². The summed E-state index contributed by atoms with van der Waals surface area (Å²) in [6.45, 7) is 0.749. The van der Waals surface area contributed by atoms with Crippen molar-refractivity contribution in [2.24, 2.45) is 0 Å².